The van der Waals surface area contributed by atoms with E-state index in [1.807, 2.05) is 30.3 Å². The molecule has 7 nitrogen and oxygen atoms in total. The van der Waals surface area contributed by atoms with Crippen molar-refractivity contribution in [2.75, 3.05) is 18.1 Å². The van der Waals surface area contributed by atoms with Crippen LogP contribution in [0.15, 0.2) is 88.5 Å². The van der Waals surface area contributed by atoms with Gasteiger partial charge in [-0.3, -0.25) is 24.1 Å². The largest absolute Gasteiger partial charge is 0.491 e. The summed E-state index contributed by atoms with van der Waals surface area (Å²) in [5, 5.41) is 9.07. The second-order valence-electron chi connectivity index (χ2n) is 10.3. The molecule has 8 heteroatoms. The lowest BCUT2D eigenvalue weighted by molar-refractivity contribution is -0.123. The van der Waals surface area contributed by atoms with E-state index in [0.717, 1.165) is 16.7 Å². The quantitative estimate of drug-likeness (QED) is 0.294. The number of ether oxygens (including phenoxy) is 1. The predicted octanol–water partition coefficient (Wildman–Crippen LogP) is 4.67. The van der Waals surface area contributed by atoms with Gasteiger partial charge < -0.3 is 9.84 Å². The Kier molecular flexibility index (Phi) is 6.76. The zero-order valence-corrected chi connectivity index (χ0v) is 23.1. The molecule has 2 aromatic carbocycles. The average Bonchev–Trinajstić information content (AvgIpc) is 3.23. The number of Topliss-reactive ketones (excluding diaryl/α,β-unsaturated/α-hetero) is 1. The molecule has 0 radical (unpaired) electrons. The molecule has 4 unspecified atom stereocenters. The van der Waals surface area contributed by atoms with Crippen LogP contribution in [0.1, 0.15) is 29.9 Å². The van der Waals surface area contributed by atoms with Gasteiger partial charge in [-0.25, -0.2) is 0 Å². The minimum atomic E-state index is -0.636. The lowest BCUT2D eigenvalue weighted by atomic mass is 9.59. The third-order valence-electron chi connectivity index (χ3n) is 8.29. The molecule has 0 aromatic heterocycles. The molecule has 6 rings (SSSR count). The van der Waals surface area contributed by atoms with E-state index in [1.165, 1.54) is 11.0 Å². The molecule has 1 heterocycles. The summed E-state index contributed by atoms with van der Waals surface area (Å²) >= 11 is 3.25. The lowest BCUT2D eigenvalue weighted by Crippen LogP contribution is -2.39. The number of carbonyl (C=O) groups excluding carboxylic acids is 4. The summed E-state index contributed by atoms with van der Waals surface area (Å²) in [6.07, 6.45) is 5.60. The van der Waals surface area contributed by atoms with Crippen LogP contribution in [-0.4, -0.2) is 41.7 Å². The smallest absolute Gasteiger partial charge is 0.238 e. The van der Waals surface area contributed by atoms with Gasteiger partial charge in [0.15, 0.2) is 11.6 Å². The Balaban J connectivity index is 1.42. The van der Waals surface area contributed by atoms with Crippen LogP contribution < -0.4 is 9.64 Å². The highest BCUT2D eigenvalue weighted by Crippen LogP contribution is 2.55. The van der Waals surface area contributed by atoms with Crippen LogP contribution in [0.5, 0.6) is 5.75 Å². The summed E-state index contributed by atoms with van der Waals surface area (Å²) in [7, 11) is 0. The van der Waals surface area contributed by atoms with Gasteiger partial charge in [-0.15, -0.1) is 0 Å². The Labute approximate surface area is 239 Å². The minimum Gasteiger partial charge on any atom is -0.491 e. The molecule has 202 valence electrons. The van der Waals surface area contributed by atoms with Gasteiger partial charge in [0.05, 0.1) is 28.6 Å². The van der Waals surface area contributed by atoms with Crippen molar-refractivity contribution in [2.24, 2.45) is 17.8 Å². The van der Waals surface area contributed by atoms with Crippen molar-refractivity contribution in [1.29, 1.82) is 0 Å². The molecule has 4 atom stereocenters. The van der Waals surface area contributed by atoms with Crippen molar-refractivity contribution < 1.29 is 29.0 Å². The highest BCUT2D eigenvalue weighted by molar-refractivity contribution is 9.12. The van der Waals surface area contributed by atoms with Crippen molar-refractivity contribution in [1.82, 2.24) is 0 Å². The number of rotatable bonds is 6. The molecule has 2 aromatic rings. The van der Waals surface area contributed by atoms with Gasteiger partial charge in [0, 0.05) is 23.1 Å². The molecule has 4 aliphatic rings. The molecule has 40 heavy (non-hydrogen) atoms. The van der Waals surface area contributed by atoms with Crippen LogP contribution in [0.2, 0.25) is 0 Å². The van der Waals surface area contributed by atoms with Crippen molar-refractivity contribution >= 4 is 51.1 Å². The SMILES string of the molecule is C=Cc1ccc(N2C(=O)C3CC=C4C(c5ccc(OCCO)cc5)C5=C(CC4C3C2=O)C(=O)C(Br)=CC5=O)cc1. The van der Waals surface area contributed by atoms with Crippen molar-refractivity contribution in [3.8, 4) is 5.75 Å². The maximum Gasteiger partial charge on any atom is 0.238 e. The van der Waals surface area contributed by atoms with Gasteiger partial charge in [-0.05, 0) is 70.1 Å². The Morgan fingerprint density at radius 3 is 2.40 bits per heavy atom. The van der Waals surface area contributed by atoms with Gasteiger partial charge in [0.2, 0.25) is 11.8 Å². The molecular weight excluding hydrogens is 574 g/mol. The number of anilines is 1. The number of carbonyl (C=O) groups is 4. The first kappa shape index (κ1) is 26.3. The van der Waals surface area contributed by atoms with Gasteiger partial charge in [0.25, 0.3) is 0 Å². The van der Waals surface area contributed by atoms with Crippen molar-refractivity contribution in [3.05, 3.63) is 99.6 Å². The van der Waals surface area contributed by atoms with Gasteiger partial charge in [-0.1, -0.05) is 48.6 Å². The molecule has 1 fully saturated rings. The van der Waals surface area contributed by atoms with Crippen LogP contribution in [0.25, 0.3) is 6.08 Å². The number of amides is 2. The number of imide groups is 1. The van der Waals surface area contributed by atoms with E-state index in [-0.39, 0.29) is 47.5 Å². The van der Waals surface area contributed by atoms with E-state index in [2.05, 4.69) is 22.5 Å². The summed E-state index contributed by atoms with van der Waals surface area (Å²) < 4.78 is 5.70. The Bertz CT molecular complexity index is 1550. The highest BCUT2D eigenvalue weighted by atomic mass is 79.9. The summed E-state index contributed by atoms with van der Waals surface area (Å²) in [5.74, 6) is -2.57. The third-order valence-corrected chi connectivity index (χ3v) is 8.88. The van der Waals surface area contributed by atoms with Crippen LogP contribution in [0.3, 0.4) is 0 Å². The van der Waals surface area contributed by atoms with E-state index >= 15 is 0 Å². The highest BCUT2D eigenvalue weighted by Gasteiger charge is 2.56. The zero-order chi connectivity index (χ0) is 28.1. The van der Waals surface area contributed by atoms with Gasteiger partial charge in [-0.2, -0.15) is 0 Å². The summed E-state index contributed by atoms with van der Waals surface area (Å²) in [6.45, 7) is 3.80. The van der Waals surface area contributed by atoms with Crippen molar-refractivity contribution in [3.63, 3.8) is 0 Å². The number of aliphatic hydroxyl groups is 1. The van der Waals surface area contributed by atoms with E-state index in [1.54, 1.807) is 30.3 Å². The number of halogens is 1. The number of ketones is 2. The summed E-state index contributed by atoms with van der Waals surface area (Å²) in [4.78, 5) is 55.5. The maximum absolute atomic E-state index is 14.0. The number of allylic oxidation sites excluding steroid dienone is 6. The molecule has 0 saturated carbocycles. The fourth-order valence-corrected chi connectivity index (χ4v) is 6.97. The number of hydrogen-bond donors (Lipinski definition) is 1. The van der Waals surface area contributed by atoms with Gasteiger partial charge in [0.1, 0.15) is 12.4 Å². The number of nitrogens with zero attached hydrogens (tertiary/aromatic N) is 1. The fourth-order valence-electron chi connectivity index (χ4n) is 6.52. The lowest BCUT2D eigenvalue weighted by Gasteiger charge is -2.42. The molecule has 1 aliphatic heterocycles. The zero-order valence-electron chi connectivity index (χ0n) is 21.5. The first-order valence-electron chi connectivity index (χ1n) is 13.2. The monoisotopic (exact) mass is 599 g/mol. The number of benzene rings is 2. The topological polar surface area (TPSA) is 101 Å². The number of fused-ring (bicyclic) bond motifs is 3. The van der Waals surface area contributed by atoms with Crippen LogP contribution in [-0.2, 0) is 19.2 Å². The summed E-state index contributed by atoms with van der Waals surface area (Å²) in [6, 6.07) is 14.3. The maximum atomic E-state index is 14.0. The second kappa shape index (κ2) is 10.3. The van der Waals surface area contributed by atoms with Gasteiger partial charge >= 0.3 is 0 Å². The molecule has 0 spiro atoms. The molecule has 0 bridgehead atoms. The first-order chi connectivity index (χ1) is 19.3. The predicted molar refractivity (Wildman–Crippen MR) is 153 cm³/mol. The third kappa shape index (κ3) is 4.14. The second-order valence-corrected chi connectivity index (χ2v) is 11.2. The molecule has 3 aliphatic carbocycles. The van der Waals surface area contributed by atoms with Crippen molar-refractivity contribution in [2.45, 2.75) is 18.8 Å². The number of hydrogen-bond acceptors (Lipinski definition) is 6. The molecule has 1 N–H and O–H groups in total. The minimum absolute atomic E-state index is 0.113. The molecule has 2 amide bonds. The van der Waals surface area contributed by atoms with Crippen LogP contribution in [0, 0.1) is 17.8 Å². The normalized spacial score (nSPS) is 25.7. The van der Waals surface area contributed by atoms with Crippen LogP contribution >= 0.6 is 15.9 Å². The standard InChI is InChI=1S/C32H26BrNO6/c1-2-17-3-7-19(8-4-17)34-31(38)22-12-11-21-23(28(22)32(34)39)15-24-29(26(36)16-25(33)30(24)37)27(21)18-5-9-20(10-6-18)40-14-13-35/h2-11,16,22-23,27-28,35H,1,12-15H2. The van der Waals surface area contributed by atoms with E-state index in [9.17, 15) is 19.2 Å². The average molecular weight is 600 g/mol. The Morgan fingerprint density at radius 1 is 1.00 bits per heavy atom. The van der Waals surface area contributed by atoms with Crippen LogP contribution in [0.4, 0.5) is 5.69 Å². The fraction of sp³-hybridized carbons (Fsp3) is 0.250. The summed E-state index contributed by atoms with van der Waals surface area (Å²) in [5.41, 5.74) is 3.89. The Morgan fingerprint density at radius 2 is 1.73 bits per heavy atom. The molecule has 1 saturated heterocycles. The van der Waals surface area contributed by atoms with E-state index < -0.39 is 23.7 Å². The first-order valence-corrected chi connectivity index (χ1v) is 14.0. The van der Waals surface area contributed by atoms with E-state index in [0.29, 0.717) is 29.0 Å². The molecular formula is C32H26BrNO6. The van der Waals surface area contributed by atoms with E-state index in [4.69, 9.17) is 9.84 Å². The Hall–Kier alpha value is -3.88. The number of aliphatic hydroxyl groups excluding tert-OH is 1.